The van der Waals surface area contributed by atoms with Crippen LogP contribution in [0.25, 0.3) is 0 Å². The van der Waals surface area contributed by atoms with Gasteiger partial charge in [0.2, 0.25) is 0 Å². The molecule has 0 radical (unpaired) electrons. The number of nitrogens with one attached hydrogen (secondary N) is 2. The second-order valence-corrected chi connectivity index (χ2v) is 5.25. The number of rotatable bonds is 7. The Labute approximate surface area is 113 Å². The summed E-state index contributed by atoms with van der Waals surface area (Å²) in [6, 6.07) is -1.81. The molecule has 0 spiro atoms. The number of amides is 2. The first-order valence-corrected chi connectivity index (χ1v) is 6.96. The third-order valence-electron chi connectivity index (χ3n) is 3.58. The lowest BCUT2D eigenvalue weighted by molar-refractivity contribution is -0.141. The predicted molar refractivity (Wildman–Crippen MR) is 70.8 cm³/mol. The van der Waals surface area contributed by atoms with E-state index in [2.05, 4.69) is 10.6 Å². The van der Waals surface area contributed by atoms with Gasteiger partial charge in [-0.25, -0.2) is 9.59 Å². The zero-order valence-electron chi connectivity index (χ0n) is 11.4. The van der Waals surface area contributed by atoms with Gasteiger partial charge in [-0.2, -0.15) is 0 Å². The molecule has 2 atom stereocenters. The van der Waals surface area contributed by atoms with Gasteiger partial charge in [0.15, 0.2) is 6.04 Å². The van der Waals surface area contributed by atoms with Crippen molar-refractivity contribution in [1.29, 1.82) is 0 Å². The summed E-state index contributed by atoms with van der Waals surface area (Å²) in [5.74, 6) is -0.454. The van der Waals surface area contributed by atoms with Gasteiger partial charge >= 0.3 is 12.0 Å². The molecular formula is C13H24N2O4. The molecule has 0 bridgehead atoms. The Kier molecular flexibility index (Phi) is 6.62. The zero-order chi connectivity index (χ0) is 14.3. The third kappa shape index (κ3) is 5.92. The van der Waals surface area contributed by atoms with E-state index in [9.17, 15) is 14.7 Å². The van der Waals surface area contributed by atoms with Crippen molar-refractivity contribution >= 4 is 12.0 Å². The topological polar surface area (TPSA) is 98.7 Å². The van der Waals surface area contributed by atoms with Crippen molar-refractivity contribution < 1.29 is 19.8 Å². The summed E-state index contributed by atoms with van der Waals surface area (Å²) in [6.07, 6.45) is 6.09. The van der Waals surface area contributed by atoms with E-state index in [1.165, 1.54) is 32.6 Å². The third-order valence-corrected chi connectivity index (χ3v) is 3.58. The van der Waals surface area contributed by atoms with Crippen molar-refractivity contribution in [3.8, 4) is 0 Å². The molecule has 1 aliphatic rings. The van der Waals surface area contributed by atoms with E-state index in [1.807, 2.05) is 0 Å². The maximum Gasteiger partial charge on any atom is 0.328 e. The highest BCUT2D eigenvalue weighted by atomic mass is 16.4. The van der Waals surface area contributed by atoms with E-state index in [0.717, 1.165) is 18.8 Å². The number of carbonyl (C=O) groups excluding carboxylic acids is 1. The normalized spacial score (nSPS) is 18.8. The molecule has 0 aliphatic heterocycles. The Hall–Kier alpha value is -1.30. The number of carbonyl (C=O) groups is 2. The molecule has 1 rings (SSSR count). The number of urea groups is 1. The highest BCUT2D eigenvalue weighted by molar-refractivity contribution is 5.82. The molecular weight excluding hydrogens is 248 g/mol. The van der Waals surface area contributed by atoms with Crippen LogP contribution in [0.2, 0.25) is 0 Å². The summed E-state index contributed by atoms with van der Waals surface area (Å²) in [5.41, 5.74) is 0. The Bertz CT molecular complexity index is 301. The van der Waals surface area contributed by atoms with Crippen LogP contribution in [0.15, 0.2) is 0 Å². The molecule has 6 heteroatoms. The van der Waals surface area contributed by atoms with Gasteiger partial charge in [-0.3, -0.25) is 0 Å². The fraction of sp³-hybridized carbons (Fsp3) is 0.846. The number of aliphatic carboxylic acids is 1. The Morgan fingerprint density at radius 2 is 1.95 bits per heavy atom. The van der Waals surface area contributed by atoms with Crippen molar-refractivity contribution in [2.45, 2.75) is 57.6 Å². The molecule has 110 valence electrons. The molecule has 0 aromatic heterocycles. The van der Waals surface area contributed by atoms with E-state index in [0.29, 0.717) is 6.54 Å². The minimum absolute atomic E-state index is 0.536. The standard InChI is InChI=1S/C13H24N2O4/c1-9(16)11(12(17)18)15-13(19)14-8-4-7-10-5-2-3-6-10/h9-11,16H,2-8H2,1H3,(H,17,18)(H2,14,15,19). The van der Waals surface area contributed by atoms with E-state index in [4.69, 9.17) is 5.11 Å². The van der Waals surface area contributed by atoms with Crippen molar-refractivity contribution in [2.75, 3.05) is 6.54 Å². The monoisotopic (exact) mass is 272 g/mol. The van der Waals surface area contributed by atoms with E-state index in [1.54, 1.807) is 0 Å². The van der Waals surface area contributed by atoms with Gasteiger partial charge in [-0.15, -0.1) is 0 Å². The molecule has 0 aromatic carbocycles. The van der Waals surface area contributed by atoms with Gasteiger partial charge in [0.05, 0.1) is 6.10 Å². The number of hydrogen-bond acceptors (Lipinski definition) is 3. The first-order valence-electron chi connectivity index (χ1n) is 6.96. The van der Waals surface area contributed by atoms with E-state index in [-0.39, 0.29) is 0 Å². The van der Waals surface area contributed by atoms with Crippen molar-refractivity contribution in [3.05, 3.63) is 0 Å². The van der Waals surface area contributed by atoms with Crippen molar-refractivity contribution in [1.82, 2.24) is 10.6 Å². The summed E-state index contributed by atoms with van der Waals surface area (Å²) < 4.78 is 0. The van der Waals surface area contributed by atoms with Gasteiger partial charge in [0.1, 0.15) is 0 Å². The van der Waals surface area contributed by atoms with Crippen LogP contribution >= 0.6 is 0 Å². The second kappa shape index (κ2) is 7.99. The fourth-order valence-electron chi connectivity index (χ4n) is 2.47. The lowest BCUT2D eigenvalue weighted by Crippen LogP contribution is -2.51. The molecule has 4 N–H and O–H groups in total. The van der Waals surface area contributed by atoms with Crippen LogP contribution in [0.5, 0.6) is 0 Å². The summed E-state index contributed by atoms with van der Waals surface area (Å²) in [5, 5.41) is 22.9. The average Bonchev–Trinajstić information content (AvgIpc) is 2.84. The SMILES string of the molecule is CC(O)C(NC(=O)NCCCC1CCCC1)C(=O)O. The van der Waals surface area contributed by atoms with Gasteiger partial charge in [-0.05, 0) is 25.7 Å². The Morgan fingerprint density at radius 3 is 2.47 bits per heavy atom. The zero-order valence-corrected chi connectivity index (χ0v) is 11.4. The van der Waals surface area contributed by atoms with Gasteiger partial charge in [0, 0.05) is 6.54 Å². The fourth-order valence-corrected chi connectivity index (χ4v) is 2.47. The molecule has 0 aromatic rings. The Balaban J connectivity index is 2.14. The van der Waals surface area contributed by atoms with Gasteiger partial charge in [-0.1, -0.05) is 25.7 Å². The molecule has 0 heterocycles. The lowest BCUT2D eigenvalue weighted by atomic mass is 10.0. The summed E-state index contributed by atoms with van der Waals surface area (Å²) >= 11 is 0. The molecule has 6 nitrogen and oxygen atoms in total. The highest BCUT2D eigenvalue weighted by Gasteiger charge is 2.24. The van der Waals surface area contributed by atoms with Crippen LogP contribution in [0, 0.1) is 5.92 Å². The first kappa shape index (κ1) is 15.8. The smallest absolute Gasteiger partial charge is 0.328 e. The number of hydrogen-bond donors (Lipinski definition) is 4. The van der Waals surface area contributed by atoms with E-state index < -0.39 is 24.1 Å². The molecule has 1 aliphatic carbocycles. The molecule has 1 saturated carbocycles. The van der Waals surface area contributed by atoms with Crippen LogP contribution in [0.1, 0.15) is 45.4 Å². The van der Waals surface area contributed by atoms with Crippen LogP contribution in [-0.2, 0) is 4.79 Å². The molecule has 2 unspecified atom stereocenters. The quantitative estimate of drug-likeness (QED) is 0.521. The summed E-state index contributed by atoms with van der Waals surface area (Å²) in [7, 11) is 0. The van der Waals surface area contributed by atoms with E-state index >= 15 is 0 Å². The minimum Gasteiger partial charge on any atom is -0.480 e. The number of aliphatic hydroxyl groups is 1. The molecule has 19 heavy (non-hydrogen) atoms. The number of aliphatic hydroxyl groups excluding tert-OH is 1. The van der Waals surface area contributed by atoms with Crippen LogP contribution in [0.4, 0.5) is 4.79 Å². The Morgan fingerprint density at radius 1 is 1.32 bits per heavy atom. The minimum atomic E-state index is -1.27. The van der Waals surface area contributed by atoms with Crippen LogP contribution < -0.4 is 10.6 Å². The number of carboxylic acid groups (broad SMARTS) is 1. The van der Waals surface area contributed by atoms with Crippen molar-refractivity contribution in [3.63, 3.8) is 0 Å². The van der Waals surface area contributed by atoms with Crippen LogP contribution in [-0.4, -0.2) is 40.9 Å². The molecule has 0 saturated heterocycles. The second-order valence-electron chi connectivity index (χ2n) is 5.25. The van der Waals surface area contributed by atoms with Gasteiger partial charge in [0.25, 0.3) is 0 Å². The summed E-state index contributed by atoms with van der Waals surface area (Å²) in [6.45, 7) is 1.87. The van der Waals surface area contributed by atoms with Gasteiger partial charge < -0.3 is 20.8 Å². The first-order chi connectivity index (χ1) is 9.00. The largest absolute Gasteiger partial charge is 0.480 e. The molecule has 2 amide bonds. The number of carboxylic acids is 1. The summed E-state index contributed by atoms with van der Waals surface area (Å²) in [4.78, 5) is 22.2. The highest BCUT2D eigenvalue weighted by Crippen LogP contribution is 2.28. The average molecular weight is 272 g/mol. The van der Waals surface area contributed by atoms with Crippen LogP contribution in [0.3, 0.4) is 0 Å². The maximum absolute atomic E-state index is 11.5. The van der Waals surface area contributed by atoms with Crippen molar-refractivity contribution in [2.24, 2.45) is 5.92 Å². The predicted octanol–water partition coefficient (Wildman–Crippen LogP) is 1.09. The lowest BCUT2D eigenvalue weighted by Gasteiger charge is -2.17. The molecule has 1 fully saturated rings. The maximum atomic E-state index is 11.5.